The molecule has 0 spiro atoms. The van der Waals surface area contributed by atoms with Crippen LogP contribution in [0, 0.1) is 6.92 Å². The molecule has 0 atom stereocenters. The fourth-order valence-electron chi connectivity index (χ4n) is 2.79. The van der Waals surface area contributed by atoms with Crippen molar-refractivity contribution in [3.05, 3.63) is 93.3 Å². The van der Waals surface area contributed by atoms with Crippen LogP contribution >= 0.6 is 23.1 Å². The van der Waals surface area contributed by atoms with E-state index < -0.39 is 0 Å². The van der Waals surface area contributed by atoms with Crippen LogP contribution in [0.3, 0.4) is 0 Å². The summed E-state index contributed by atoms with van der Waals surface area (Å²) in [6, 6.07) is 16.7. The summed E-state index contributed by atoms with van der Waals surface area (Å²) in [6.07, 6.45) is 1.72. The van der Waals surface area contributed by atoms with E-state index in [0.29, 0.717) is 16.3 Å². The third-order valence-corrected chi connectivity index (χ3v) is 6.01. The first-order valence-electron chi connectivity index (χ1n) is 8.66. The van der Waals surface area contributed by atoms with E-state index in [9.17, 15) is 9.59 Å². The number of thiazole rings is 1. The molecule has 2 heterocycles. The lowest BCUT2D eigenvalue weighted by Gasteiger charge is -2.11. The van der Waals surface area contributed by atoms with Gasteiger partial charge < -0.3 is 5.32 Å². The number of benzene rings is 2. The van der Waals surface area contributed by atoms with Gasteiger partial charge in [-0.15, -0.1) is 23.1 Å². The molecule has 0 radical (unpaired) electrons. The van der Waals surface area contributed by atoms with Crippen LogP contribution in [-0.4, -0.2) is 15.3 Å². The number of anilines is 1. The molecule has 5 nitrogen and oxygen atoms in total. The summed E-state index contributed by atoms with van der Waals surface area (Å²) in [4.78, 5) is 30.9. The van der Waals surface area contributed by atoms with E-state index in [0.717, 1.165) is 21.8 Å². The zero-order valence-corrected chi connectivity index (χ0v) is 16.7. The Morgan fingerprint density at radius 1 is 1.18 bits per heavy atom. The highest BCUT2D eigenvalue weighted by Crippen LogP contribution is 2.29. The number of amides is 1. The van der Waals surface area contributed by atoms with Crippen LogP contribution < -0.4 is 10.9 Å². The number of thioether (sulfide) groups is 1. The Kier molecular flexibility index (Phi) is 5.27. The van der Waals surface area contributed by atoms with Crippen LogP contribution in [0.5, 0.6) is 0 Å². The quantitative estimate of drug-likeness (QED) is 0.491. The molecule has 0 aliphatic rings. The number of rotatable bonds is 5. The second kappa shape index (κ2) is 8.00. The van der Waals surface area contributed by atoms with E-state index >= 15 is 0 Å². The Morgan fingerprint density at radius 3 is 2.89 bits per heavy atom. The normalized spacial score (nSPS) is 10.9. The molecule has 4 aromatic rings. The molecule has 2 aromatic carbocycles. The molecule has 0 saturated heterocycles. The maximum absolute atomic E-state index is 12.6. The van der Waals surface area contributed by atoms with Crippen molar-refractivity contribution in [3.63, 3.8) is 0 Å². The van der Waals surface area contributed by atoms with Crippen LogP contribution in [-0.2, 0) is 5.75 Å². The fraction of sp³-hybridized carbons (Fsp3) is 0.0952. The van der Waals surface area contributed by atoms with Crippen molar-refractivity contribution in [1.29, 1.82) is 0 Å². The van der Waals surface area contributed by atoms with Gasteiger partial charge in [-0.05, 0) is 31.2 Å². The van der Waals surface area contributed by atoms with Crippen LogP contribution in [0.4, 0.5) is 5.69 Å². The predicted molar refractivity (Wildman–Crippen MR) is 114 cm³/mol. The van der Waals surface area contributed by atoms with Crippen molar-refractivity contribution in [2.75, 3.05) is 5.32 Å². The number of hydrogen-bond acceptors (Lipinski definition) is 5. The fourth-order valence-corrected chi connectivity index (χ4v) is 4.43. The van der Waals surface area contributed by atoms with Gasteiger partial charge in [0.15, 0.2) is 4.96 Å². The van der Waals surface area contributed by atoms with Gasteiger partial charge in [-0.3, -0.25) is 14.0 Å². The van der Waals surface area contributed by atoms with Crippen molar-refractivity contribution in [2.45, 2.75) is 17.6 Å². The van der Waals surface area contributed by atoms with E-state index in [1.54, 1.807) is 18.3 Å². The van der Waals surface area contributed by atoms with Gasteiger partial charge in [-0.1, -0.05) is 29.8 Å². The topological polar surface area (TPSA) is 63.5 Å². The first kappa shape index (κ1) is 18.5. The summed E-state index contributed by atoms with van der Waals surface area (Å²) < 4.78 is 1.54. The molecule has 2 aromatic heterocycles. The lowest BCUT2D eigenvalue weighted by molar-refractivity contribution is 0.102. The van der Waals surface area contributed by atoms with Crippen molar-refractivity contribution >= 4 is 39.7 Å². The molecule has 0 bridgehead atoms. The smallest absolute Gasteiger partial charge is 0.258 e. The average molecular weight is 408 g/mol. The molecule has 0 saturated carbocycles. The zero-order valence-electron chi connectivity index (χ0n) is 15.1. The highest BCUT2D eigenvalue weighted by Gasteiger charge is 2.11. The SMILES string of the molecule is Cc1cccc(C(=O)Nc2ccccc2SCc2cc(=O)n3ccsc3n2)c1. The molecule has 4 rings (SSSR count). The van der Waals surface area contributed by atoms with Gasteiger partial charge >= 0.3 is 0 Å². The molecule has 0 unspecified atom stereocenters. The molecule has 1 N–H and O–H groups in total. The van der Waals surface area contributed by atoms with Gasteiger partial charge in [0.2, 0.25) is 0 Å². The molecule has 140 valence electrons. The largest absolute Gasteiger partial charge is 0.321 e. The second-order valence-corrected chi connectivity index (χ2v) is 8.14. The summed E-state index contributed by atoms with van der Waals surface area (Å²) >= 11 is 2.97. The summed E-state index contributed by atoms with van der Waals surface area (Å²) in [5, 5.41) is 4.83. The van der Waals surface area contributed by atoms with E-state index in [1.165, 1.54) is 27.5 Å². The maximum atomic E-state index is 12.6. The van der Waals surface area contributed by atoms with Crippen LogP contribution in [0.2, 0.25) is 0 Å². The number of carbonyl (C=O) groups excluding carboxylic acids is 1. The van der Waals surface area contributed by atoms with Crippen molar-refractivity contribution in [3.8, 4) is 0 Å². The van der Waals surface area contributed by atoms with Gasteiger partial charge in [-0.2, -0.15) is 0 Å². The highest BCUT2D eigenvalue weighted by atomic mass is 32.2. The Morgan fingerprint density at radius 2 is 2.04 bits per heavy atom. The molecular weight excluding hydrogens is 390 g/mol. The monoisotopic (exact) mass is 407 g/mol. The molecule has 1 amide bonds. The van der Waals surface area contributed by atoms with E-state index in [-0.39, 0.29) is 11.5 Å². The lowest BCUT2D eigenvalue weighted by Crippen LogP contribution is -2.13. The molecular formula is C21H17N3O2S2. The maximum Gasteiger partial charge on any atom is 0.258 e. The van der Waals surface area contributed by atoms with E-state index in [1.807, 2.05) is 54.8 Å². The summed E-state index contributed by atoms with van der Waals surface area (Å²) in [5.41, 5.74) is 3.04. The lowest BCUT2D eigenvalue weighted by atomic mass is 10.1. The summed E-state index contributed by atoms with van der Waals surface area (Å²) in [6.45, 7) is 1.96. The number of nitrogens with zero attached hydrogens (tertiary/aromatic N) is 2. The zero-order chi connectivity index (χ0) is 19.5. The van der Waals surface area contributed by atoms with Gasteiger partial charge in [0.05, 0.1) is 11.4 Å². The third-order valence-electron chi connectivity index (χ3n) is 4.15. The Balaban J connectivity index is 1.52. The highest BCUT2D eigenvalue weighted by molar-refractivity contribution is 7.98. The minimum Gasteiger partial charge on any atom is -0.321 e. The van der Waals surface area contributed by atoms with Gasteiger partial charge in [0, 0.05) is 33.9 Å². The van der Waals surface area contributed by atoms with Gasteiger partial charge in [0.1, 0.15) is 0 Å². The van der Waals surface area contributed by atoms with E-state index in [2.05, 4.69) is 10.3 Å². The Hall–Kier alpha value is -2.90. The Bertz CT molecular complexity index is 1210. The van der Waals surface area contributed by atoms with Crippen LogP contribution in [0.25, 0.3) is 4.96 Å². The first-order valence-corrected chi connectivity index (χ1v) is 10.5. The minimum absolute atomic E-state index is 0.0807. The van der Waals surface area contributed by atoms with Crippen molar-refractivity contribution in [1.82, 2.24) is 9.38 Å². The number of aryl methyl sites for hydroxylation is 1. The van der Waals surface area contributed by atoms with Crippen molar-refractivity contribution in [2.24, 2.45) is 0 Å². The first-order chi connectivity index (χ1) is 13.6. The summed E-state index contributed by atoms with van der Waals surface area (Å²) in [7, 11) is 0. The summed E-state index contributed by atoms with van der Waals surface area (Å²) in [5.74, 6) is 0.397. The molecule has 0 aliphatic carbocycles. The van der Waals surface area contributed by atoms with E-state index in [4.69, 9.17) is 0 Å². The number of carbonyl (C=O) groups is 1. The molecule has 28 heavy (non-hydrogen) atoms. The number of nitrogens with one attached hydrogen (secondary N) is 1. The number of aromatic nitrogens is 2. The average Bonchev–Trinajstić information content (AvgIpc) is 3.16. The number of hydrogen-bond donors (Lipinski definition) is 1. The van der Waals surface area contributed by atoms with Gasteiger partial charge in [-0.25, -0.2) is 4.98 Å². The second-order valence-electron chi connectivity index (χ2n) is 6.25. The van der Waals surface area contributed by atoms with Crippen LogP contribution in [0.1, 0.15) is 21.6 Å². The van der Waals surface area contributed by atoms with Crippen molar-refractivity contribution < 1.29 is 4.79 Å². The third kappa shape index (κ3) is 4.00. The molecule has 7 heteroatoms. The van der Waals surface area contributed by atoms with Gasteiger partial charge in [0.25, 0.3) is 11.5 Å². The molecule has 0 aliphatic heterocycles. The number of para-hydroxylation sites is 1. The standard InChI is InChI=1S/C21H17N3O2S2/c1-14-5-4-6-15(11-14)20(26)23-17-7-2-3-8-18(17)28-13-16-12-19(25)24-9-10-27-21(24)22-16/h2-12H,13H2,1H3,(H,23,26). The Labute approximate surface area is 170 Å². The minimum atomic E-state index is -0.145. The number of fused-ring (bicyclic) bond motifs is 1. The van der Waals surface area contributed by atoms with Crippen LogP contribution in [0.15, 0.2) is 75.9 Å². The molecule has 0 fully saturated rings. The predicted octanol–water partition coefficient (Wildman–Crippen LogP) is 4.61.